The van der Waals surface area contributed by atoms with Crippen molar-refractivity contribution in [2.75, 3.05) is 26.8 Å². The zero-order valence-corrected chi connectivity index (χ0v) is 12.5. The lowest BCUT2D eigenvalue weighted by Crippen LogP contribution is -2.45. The van der Waals surface area contributed by atoms with Crippen molar-refractivity contribution < 1.29 is 23.8 Å². The lowest BCUT2D eigenvalue weighted by Gasteiger charge is -2.30. The van der Waals surface area contributed by atoms with Crippen LogP contribution in [0.5, 0.6) is 5.75 Å². The van der Waals surface area contributed by atoms with E-state index < -0.39 is 12.1 Å². The number of ether oxygens (including phenoxy) is 2. The van der Waals surface area contributed by atoms with E-state index in [0.717, 1.165) is 0 Å². The molecule has 0 spiro atoms. The molecule has 110 valence electrons. The van der Waals surface area contributed by atoms with E-state index in [1.807, 2.05) is 4.90 Å². The van der Waals surface area contributed by atoms with E-state index in [1.165, 1.54) is 13.2 Å². The van der Waals surface area contributed by atoms with E-state index in [2.05, 4.69) is 15.9 Å². The van der Waals surface area contributed by atoms with Crippen molar-refractivity contribution in [1.29, 1.82) is 0 Å². The first kappa shape index (κ1) is 15.2. The average molecular weight is 348 g/mol. The quantitative estimate of drug-likeness (QED) is 0.901. The van der Waals surface area contributed by atoms with Gasteiger partial charge in [0.25, 0.3) is 0 Å². The fourth-order valence-corrected chi connectivity index (χ4v) is 2.64. The van der Waals surface area contributed by atoms with Gasteiger partial charge in [-0.25, -0.2) is 9.18 Å². The minimum absolute atomic E-state index is 0.248. The van der Waals surface area contributed by atoms with E-state index >= 15 is 0 Å². The highest BCUT2D eigenvalue weighted by molar-refractivity contribution is 9.10. The molecule has 1 aliphatic rings. The second-order valence-corrected chi connectivity index (χ2v) is 5.37. The van der Waals surface area contributed by atoms with Gasteiger partial charge in [-0.15, -0.1) is 0 Å². The molecule has 1 saturated heterocycles. The molecular formula is C13H15BrFNO4. The van der Waals surface area contributed by atoms with Crippen molar-refractivity contribution >= 4 is 21.9 Å². The topological polar surface area (TPSA) is 59.0 Å². The number of benzene rings is 1. The van der Waals surface area contributed by atoms with Crippen LogP contribution < -0.4 is 4.74 Å². The summed E-state index contributed by atoms with van der Waals surface area (Å²) < 4.78 is 24.8. The van der Waals surface area contributed by atoms with Crippen LogP contribution in [0.2, 0.25) is 0 Å². The SMILES string of the molecule is COc1cc(F)c(CN2CCOC(C(=O)O)C2)cc1Br. The number of carboxylic acid groups (broad SMARTS) is 1. The zero-order valence-electron chi connectivity index (χ0n) is 10.9. The van der Waals surface area contributed by atoms with Gasteiger partial charge < -0.3 is 14.6 Å². The molecule has 0 aliphatic carbocycles. The number of carbonyl (C=O) groups is 1. The zero-order chi connectivity index (χ0) is 14.7. The average Bonchev–Trinajstić information content (AvgIpc) is 2.42. The second-order valence-electron chi connectivity index (χ2n) is 4.51. The molecular weight excluding hydrogens is 333 g/mol. The molecule has 1 atom stereocenters. The Kier molecular flexibility index (Phi) is 4.95. The molecule has 0 bridgehead atoms. The third kappa shape index (κ3) is 3.47. The Morgan fingerprint density at radius 1 is 1.65 bits per heavy atom. The number of morpholine rings is 1. The maximum absolute atomic E-state index is 14.0. The van der Waals surface area contributed by atoms with Gasteiger partial charge in [0.05, 0.1) is 18.2 Å². The number of hydrogen-bond donors (Lipinski definition) is 1. The fourth-order valence-electron chi connectivity index (χ4n) is 2.08. The fraction of sp³-hybridized carbons (Fsp3) is 0.462. The summed E-state index contributed by atoms with van der Waals surface area (Å²) in [6.45, 7) is 1.49. The van der Waals surface area contributed by atoms with Crippen LogP contribution >= 0.6 is 15.9 Å². The highest BCUT2D eigenvalue weighted by Crippen LogP contribution is 2.28. The summed E-state index contributed by atoms with van der Waals surface area (Å²) in [7, 11) is 1.47. The highest BCUT2D eigenvalue weighted by Gasteiger charge is 2.26. The molecule has 1 aromatic rings. The molecule has 0 saturated carbocycles. The lowest BCUT2D eigenvalue weighted by atomic mass is 10.1. The molecule has 0 aromatic heterocycles. The molecule has 1 aromatic carbocycles. The Morgan fingerprint density at radius 2 is 2.40 bits per heavy atom. The molecule has 1 aliphatic heterocycles. The van der Waals surface area contributed by atoms with Crippen LogP contribution in [-0.2, 0) is 16.1 Å². The summed E-state index contributed by atoms with van der Waals surface area (Å²) in [4.78, 5) is 12.8. The largest absolute Gasteiger partial charge is 0.495 e. The van der Waals surface area contributed by atoms with Crippen molar-refractivity contribution in [3.8, 4) is 5.75 Å². The third-order valence-electron chi connectivity index (χ3n) is 3.14. The van der Waals surface area contributed by atoms with E-state index in [0.29, 0.717) is 35.5 Å². The Bertz CT molecular complexity index is 511. The van der Waals surface area contributed by atoms with Crippen LogP contribution in [0.15, 0.2) is 16.6 Å². The van der Waals surface area contributed by atoms with Crippen molar-refractivity contribution in [1.82, 2.24) is 4.90 Å². The summed E-state index contributed by atoms with van der Waals surface area (Å²) in [5.74, 6) is -0.939. The number of carboxylic acids is 1. The number of halogens is 2. The molecule has 1 fully saturated rings. The molecule has 1 unspecified atom stereocenters. The molecule has 0 radical (unpaired) electrons. The van der Waals surface area contributed by atoms with Gasteiger partial charge in [0.15, 0.2) is 6.10 Å². The molecule has 1 N–H and O–H groups in total. The van der Waals surface area contributed by atoms with E-state index in [-0.39, 0.29) is 12.4 Å². The Balaban J connectivity index is 2.10. The van der Waals surface area contributed by atoms with Crippen molar-refractivity contribution in [2.24, 2.45) is 0 Å². The summed E-state index contributed by atoms with van der Waals surface area (Å²) >= 11 is 3.31. The predicted octanol–water partition coefficient (Wildman–Crippen LogP) is 1.88. The third-order valence-corrected chi connectivity index (χ3v) is 3.76. The predicted molar refractivity (Wildman–Crippen MR) is 73.3 cm³/mol. The lowest BCUT2D eigenvalue weighted by molar-refractivity contribution is -0.156. The maximum atomic E-state index is 14.0. The molecule has 0 amide bonds. The number of hydrogen-bond acceptors (Lipinski definition) is 4. The summed E-state index contributed by atoms with van der Waals surface area (Å²) in [5.41, 5.74) is 0.490. The van der Waals surface area contributed by atoms with Gasteiger partial charge in [-0.2, -0.15) is 0 Å². The van der Waals surface area contributed by atoms with E-state index in [4.69, 9.17) is 14.6 Å². The number of methoxy groups -OCH3 is 1. The first-order valence-corrected chi connectivity index (χ1v) is 6.89. The van der Waals surface area contributed by atoms with Crippen LogP contribution in [0, 0.1) is 5.82 Å². The van der Waals surface area contributed by atoms with Gasteiger partial charge in [0.1, 0.15) is 11.6 Å². The Morgan fingerprint density at radius 3 is 3.05 bits per heavy atom. The van der Waals surface area contributed by atoms with Crippen molar-refractivity contribution in [3.63, 3.8) is 0 Å². The number of aliphatic carboxylic acids is 1. The number of rotatable bonds is 4. The van der Waals surface area contributed by atoms with E-state index in [9.17, 15) is 9.18 Å². The minimum Gasteiger partial charge on any atom is -0.495 e. The Labute approximate surface area is 124 Å². The van der Waals surface area contributed by atoms with Gasteiger partial charge in [0.2, 0.25) is 0 Å². The van der Waals surface area contributed by atoms with Crippen LogP contribution in [0.25, 0.3) is 0 Å². The molecule has 5 nitrogen and oxygen atoms in total. The molecule has 2 rings (SSSR count). The molecule has 1 heterocycles. The van der Waals surface area contributed by atoms with Crippen molar-refractivity contribution in [2.45, 2.75) is 12.6 Å². The van der Waals surface area contributed by atoms with Gasteiger partial charge >= 0.3 is 5.97 Å². The smallest absolute Gasteiger partial charge is 0.334 e. The first-order chi connectivity index (χ1) is 9.51. The minimum atomic E-state index is -0.994. The van der Waals surface area contributed by atoms with E-state index in [1.54, 1.807) is 6.07 Å². The van der Waals surface area contributed by atoms with Crippen LogP contribution in [0.4, 0.5) is 4.39 Å². The monoisotopic (exact) mass is 347 g/mol. The first-order valence-electron chi connectivity index (χ1n) is 6.10. The van der Waals surface area contributed by atoms with Crippen LogP contribution in [0.3, 0.4) is 0 Å². The Hall–Kier alpha value is -1.18. The normalized spacial score (nSPS) is 19.9. The molecule has 20 heavy (non-hydrogen) atoms. The second kappa shape index (κ2) is 6.51. The standard InChI is InChI=1S/C13H15BrFNO4/c1-19-11-5-10(15)8(4-9(11)14)6-16-2-3-20-12(7-16)13(17)18/h4-5,12H,2-3,6-7H2,1H3,(H,17,18). The molecule has 7 heteroatoms. The summed E-state index contributed by atoms with van der Waals surface area (Å²) in [5, 5.41) is 8.94. The van der Waals surface area contributed by atoms with Gasteiger partial charge in [-0.1, -0.05) is 0 Å². The highest BCUT2D eigenvalue weighted by atomic mass is 79.9. The van der Waals surface area contributed by atoms with Gasteiger partial charge in [-0.05, 0) is 22.0 Å². The van der Waals surface area contributed by atoms with Crippen LogP contribution in [0.1, 0.15) is 5.56 Å². The van der Waals surface area contributed by atoms with Crippen molar-refractivity contribution in [3.05, 3.63) is 28.0 Å². The van der Waals surface area contributed by atoms with Gasteiger partial charge in [-0.3, -0.25) is 4.90 Å². The number of nitrogens with zero attached hydrogens (tertiary/aromatic N) is 1. The van der Waals surface area contributed by atoms with Gasteiger partial charge in [0, 0.05) is 31.3 Å². The summed E-state index contributed by atoms with van der Waals surface area (Å²) in [6, 6.07) is 2.97. The maximum Gasteiger partial charge on any atom is 0.334 e. The van der Waals surface area contributed by atoms with Crippen LogP contribution in [-0.4, -0.2) is 48.9 Å². The summed E-state index contributed by atoms with van der Waals surface area (Å²) in [6.07, 6.45) is -0.853.